The maximum Gasteiger partial charge on any atom is 0.251 e. The van der Waals surface area contributed by atoms with Crippen molar-refractivity contribution in [3.63, 3.8) is 0 Å². The highest BCUT2D eigenvalue weighted by Gasteiger charge is 2.17. The molecule has 126 valence electrons. The van der Waals surface area contributed by atoms with Crippen molar-refractivity contribution in [3.8, 4) is 0 Å². The van der Waals surface area contributed by atoms with Crippen LogP contribution in [0.15, 0.2) is 42.5 Å². The summed E-state index contributed by atoms with van der Waals surface area (Å²) in [7, 11) is 0. The van der Waals surface area contributed by atoms with E-state index >= 15 is 0 Å². The van der Waals surface area contributed by atoms with Crippen molar-refractivity contribution in [2.45, 2.75) is 58.4 Å². The number of nitrogens with one attached hydrogen (secondary N) is 1. The lowest BCUT2D eigenvalue weighted by molar-refractivity contribution is 0.0940. The quantitative estimate of drug-likeness (QED) is 0.850. The highest BCUT2D eigenvalue weighted by Crippen LogP contribution is 2.26. The van der Waals surface area contributed by atoms with Gasteiger partial charge < -0.3 is 5.32 Å². The molecule has 0 spiro atoms. The molecule has 0 bridgehead atoms. The Morgan fingerprint density at radius 1 is 1.00 bits per heavy atom. The molecule has 0 radical (unpaired) electrons. The van der Waals surface area contributed by atoms with Gasteiger partial charge in [-0.15, -0.1) is 0 Å². The third-order valence-corrected chi connectivity index (χ3v) is 4.98. The summed E-state index contributed by atoms with van der Waals surface area (Å²) in [5.74, 6) is -0.0107. The second kappa shape index (κ2) is 6.43. The molecule has 0 saturated heterocycles. The number of hydrogen-bond acceptors (Lipinski definition) is 1. The highest BCUT2D eigenvalue weighted by atomic mass is 16.1. The van der Waals surface area contributed by atoms with Crippen LogP contribution < -0.4 is 5.32 Å². The smallest absolute Gasteiger partial charge is 0.251 e. The number of amides is 1. The van der Waals surface area contributed by atoms with Crippen LogP contribution in [0, 0.1) is 0 Å². The number of aryl methyl sites for hydroxylation is 2. The largest absolute Gasteiger partial charge is 0.346 e. The highest BCUT2D eigenvalue weighted by molar-refractivity contribution is 5.94. The average molecular weight is 321 g/mol. The number of benzene rings is 2. The van der Waals surface area contributed by atoms with Crippen molar-refractivity contribution in [3.05, 3.63) is 70.3 Å². The fourth-order valence-electron chi connectivity index (χ4n) is 3.35. The third-order valence-electron chi connectivity index (χ3n) is 4.98. The van der Waals surface area contributed by atoms with Gasteiger partial charge in [-0.05, 0) is 66.0 Å². The van der Waals surface area contributed by atoms with E-state index in [1.807, 2.05) is 12.1 Å². The van der Waals surface area contributed by atoms with E-state index in [0.717, 1.165) is 12.0 Å². The van der Waals surface area contributed by atoms with Crippen LogP contribution in [-0.4, -0.2) is 5.91 Å². The molecule has 2 aromatic carbocycles. The van der Waals surface area contributed by atoms with Crippen molar-refractivity contribution in [1.29, 1.82) is 0 Å². The Morgan fingerprint density at radius 2 is 1.67 bits per heavy atom. The second-order valence-corrected chi connectivity index (χ2v) is 7.90. The van der Waals surface area contributed by atoms with Crippen LogP contribution in [0.1, 0.15) is 72.8 Å². The number of hydrogen-bond donors (Lipinski definition) is 1. The summed E-state index contributed by atoms with van der Waals surface area (Å²) in [6.45, 7) is 8.59. The lowest BCUT2D eigenvalue weighted by atomic mass is 9.86. The zero-order valence-electron chi connectivity index (χ0n) is 15.1. The van der Waals surface area contributed by atoms with Crippen molar-refractivity contribution in [2.24, 2.45) is 0 Å². The molecule has 1 aliphatic rings. The van der Waals surface area contributed by atoms with Gasteiger partial charge in [0.05, 0.1) is 6.04 Å². The summed E-state index contributed by atoms with van der Waals surface area (Å²) in [4.78, 5) is 12.5. The van der Waals surface area contributed by atoms with Crippen LogP contribution >= 0.6 is 0 Å². The maximum atomic E-state index is 12.5. The van der Waals surface area contributed by atoms with Gasteiger partial charge in [0.15, 0.2) is 0 Å². The monoisotopic (exact) mass is 321 g/mol. The van der Waals surface area contributed by atoms with E-state index in [1.165, 1.54) is 35.1 Å². The molecule has 2 heteroatoms. The molecule has 0 aromatic heterocycles. The Bertz CT molecular complexity index is 738. The van der Waals surface area contributed by atoms with Crippen molar-refractivity contribution in [1.82, 2.24) is 5.32 Å². The first-order valence-electron chi connectivity index (χ1n) is 8.88. The van der Waals surface area contributed by atoms with Gasteiger partial charge in [-0.1, -0.05) is 51.1 Å². The van der Waals surface area contributed by atoms with E-state index in [0.29, 0.717) is 0 Å². The van der Waals surface area contributed by atoms with Crippen LogP contribution in [0.2, 0.25) is 0 Å². The maximum absolute atomic E-state index is 12.5. The van der Waals surface area contributed by atoms with Crippen LogP contribution in [0.5, 0.6) is 0 Å². The zero-order chi connectivity index (χ0) is 17.3. The molecular weight excluding hydrogens is 294 g/mol. The average Bonchev–Trinajstić information content (AvgIpc) is 3.01. The molecule has 2 nitrogen and oxygen atoms in total. The predicted molar refractivity (Wildman–Crippen MR) is 99.5 cm³/mol. The normalized spacial score (nSPS) is 15.0. The minimum Gasteiger partial charge on any atom is -0.346 e. The Labute approximate surface area is 145 Å². The number of carbonyl (C=O) groups is 1. The van der Waals surface area contributed by atoms with Gasteiger partial charge >= 0.3 is 0 Å². The lowest BCUT2D eigenvalue weighted by Gasteiger charge is -2.19. The van der Waals surface area contributed by atoms with Crippen LogP contribution in [-0.2, 0) is 18.3 Å². The lowest BCUT2D eigenvalue weighted by Crippen LogP contribution is -2.26. The molecule has 2 aromatic rings. The van der Waals surface area contributed by atoms with Gasteiger partial charge in [-0.25, -0.2) is 0 Å². The number of carbonyl (C=O) groups excluding carboxylic acids is 1. The molecule has 24 heavy (non-hydrogen) atoms. The summed E-state index contributed by atoms with van der Waals surface area (Å²) >= 11 is 0. The molecule has 1 aliphatic carbocycles. The summed E-state index contributed by atoms with van der Waals surface area (Å²) in [6.07, 6.45) is 3.61. The fourth-order valence-corrected chi connectivity index (χ4v) is 3.35. The van der Waals surface area contributed by atoms with E-state index in [2.05, 4.69) is 63.3 Å². The fraction of sp³-hybridized carbons (Fsp3) is 0.409. The van der Waals surface area contributed by atoms with Crippen molar-refractivity contribution < 1.29 is 4.79 Å². The first-order valence-corrected chi connectivity index (χ1v) is 8.88. The van der Waals surface area contributed by atoms with Gasteiger partial charge in [-0.2, -0.15) is 0 Å². The molecule has 0 heterocycles. The summed E-state index contributed by atoms with van der Waals surface area (Å²) < 4.78 is 0. The Morgan fingerprint density at radius 3 is 2.33 bits per heavy atom. The topological polar surface area (TPSA) is 29.1 Å². The number of rotatable bonds is 3. The molecule has 1 atom stereocenters. The van der Waals surface area contributed by atoms with E-state index in [9.17, 15) is 4.79 Å². The SMILES string of the molecule is C[C@@H](NC(=O)c1ccc(C(C)(C)C)cc1)c1ccc2c(c1)CCC2. The first-order chi connectivity index (χ1) is 11.3. The van der Waals surface area contributed by atoms with Gasteiger partial charge in [0, 0.05) is 5.56 Å². The minimum absolute atomic E-state index is 0.0107. The predicted octanol–water partition coefficient (Wildman–Crippen LogP) is 4.96. The molecule has 0 unspecified atom stereocenters. The van der Waals surface area contributed by atoms with Gasteiger partial charge in [0.25, 0.3) is 5.91 Å². The summed E-state index contributed by atoms with van der Waals surface area (Å²) in [6, 6.07) is 14.6. The van der Waals surface area contributed by atoms with Crippen molar-refractivity contribution >= 4 is 5.91 Å². The molecule has 1 amide bonds. The van der Waals surface area contributed by atoms with E-state index in [1.54, 1.807) is 0 Å². The Kier molecular flexibility index (Phi) is 4.49. The van der Waals surface area contributed by atoms with E-state index < -0.39 is 0 Å². The van der Waals surface area contributed by atoms with Crippen molar-refractivity contribution in [2.75, 3.05) is 0 Å². The van der Waals surface area contributed by atoms with E-state index in [4.69, 9.17) is 0 Å². The van der Waals surface area contributed by atoms with Gasteiger partial charge in [0.2, 0.25) is 0 Å². The molecule has 0 fully saturated rings. The van der Waals surface area contributed by atoms with Gasteiger partial charge in [0.1, 0.15) is 0 Å². The molecule has 0 aliphatic heterocycles. The molecule has 0 saturated carbocycles. The summed E-state index contributed by atoms with van der Waals surface area (Å²) in [5.41, 5.74) is 6.17. The molecule has 1 N–H and O–H groups in total. The number of fused-ring (bicyclic) bond motifs is 1. The van der Waals surface area contributed by atoms with Crippen LogP contribution in [0.4, 0.5) is 0 Å². The summed E-state index contributed by atoms with van der Waals surface area (Å²) in [5, 5.41) is 3.12. The second-order valence-electron chi connectivity index (χ2n) is 7.90. The van der Waals surface area contributed by atoms with Gasteiger partial charge in [-0.3, -0.25) is 4.79 Å². The third kappa shape index (κ3) is 3.53. The molecular formula is C22H27NO. The van der Waals surface area contributed by atoms with Crippen LogP contribution in [0.3, 0.4) is 0 Å². The molecule has 3 rings (SSSR count). The first kappa shape index (κ1) is 16.8. The zero-order valence-corrected chi connectivity index (χ0v) is 15.1. The van der Waals surface area contributed by atoms with E-state index in [-0.39, 0.29) is 17.4 Å². The van der Waals surface area contributed by atoms with Crippen LogP contribution in [0.25, 0.3) is 0 Å². The minimum atomic E-state index is -0.0107. The Hall–Kier alpha value is -2.09. The standard InChI is InChI=1S/C22H27NO/c1-15(18-9-8-16-6-5-7-19(16)14-18)23-21(24)17-10-12-20(13-11-17)22(2,3)4/h8-15H,5-7H2,1-4H3,(H,23,24)/t15-/m1/s1. The Balaban J connectivity index is 1.70.